The van der Waals surface area contributed by atoms with Crippen molar-refractivity contribution in [3.63, 3.8) is 0 Å². The molecule has 1 amide bonds. The van der Waals surface area contributed by atoms with Gasteiger partial charge in [-0.1, -0.05) is 18.2 Å². The number of Topliss-reactive ketones (excluding diaryl/α,β-unsaturated/α-hetero) is 1. The molecule has 1 unspecified atom stereocenters. The summed E-state index contributed by atoms with van der Waals surface area (Å²) in [6.07, 6.45) is 0. The second-order valence-corrected chi connectivity index (χ2v) is 8.62. The summed E-state index contributed by atoms with van der Waals surface area (Å²) in [6.45, 7) is 0.105. The number of hydrogen-bond acceptors (Lipinski definition) is 7. The number of anilines is 2. The van der Waals surface area contributed by atoms with E-state index in [0.29, 0.717) is 27.6 Å². The number of aliphatic hydroxyl groups is 1. The number of fused-ring (bicyclic) bond motifs is 1. The summed E-state index contributed by atoms with van der Waals surface area (Å²) >= 11 is 1.27. The molecule has 2 aliphatic heterocycles. The first-order valence-electron chi connectivity index (χ1n) is 9.97. The van der Waals surface area contributed by atoms with Crippen LogP contribution in [0.2, 0.25) is 0 Å². The first-order chi connectivity index (χ1) is 15.5. The van der Waals surface area contributed by atoms with Crippen LogP contribution in [0.15, 0.2) is 71.3 Å². The largest absolute Gasteiger partial charge is 0.503 e. The number of carbonyl (C=O) groups excluding carboxylic acids is 2. The van der Waals surface area contributed by atoms with Gasteiger partial charge in [0, 0.05) is 31.5 Å². The van der Waals surface area contributed by atoms with Gasteiger partial charge < -0.3 is 19.5 Å². The molecule has 0 aliphatic carbocycles. The molecule has 0 radical (unpaired) electrons. The van der Waals surface area contributed by atoms with E-state index in [1.165, 1.54) is 16.2 Å². The predicted molar refractivity (Wildman–Crippen MR) is 122 cm³/mol. The molecule has 0 fully saturated rings. The Bertz CT molecular complexity index is 1230. The highest BCUT2D eigenvalue weighted by molar-refractivity contribution is 7.12. The zero-order valence-electron chi connectivity index (χ0n) is 17.4. The van der Waals surface area contributed by atoms with E-state index >= 15 is 0 Å². The zero-order chi connectivity index (χ0) is 22.4. The van der Waals surface area contributed by atoms with Crippen LogP contribution in [0, 0.1) is 0 Å². The van der Waals surface area contributed by atoms with Crippen LogP contribution in [0.3, 0.4) is 0 Å². The summed E-state index contributed by atoms with van der Waals surface area (Å²) < 4.78 is 10.8. The number of ether oxygens (including phenoxy) is 2. The lowest BCUT2D eigenvalue weighted by Crippen LogP contribution is -2.31. The minimum atomic E-state index is -0.784. The third-order valence-electron chi connectivity index (χ3n) is 5.56. The van der Waals surface area contributed by atoms with Crippen LogP contribution in [0.1, 0.15) is 21.3 Å². The normalized spacial score (nSPS) is 17.2. The van der Waals surface area contributed by atoms with Crippen molar-refractivity contribution in [3.05, 3.63) is 81.8 Å². The molecule has 2 aliphatic rings. The molecule has 1 atom stereocenters. The SMILES string of the molecule is CN(C)c1ccc(C2C(C(=O)c3cccs3)=C(O)C(=O)N2c2ccc3c(c2)OCO3)cc1. The van der Waals surface area contributed by atoms with E-state index in [2.05, 4.69) is 0 Å². The molecule has 3 aromatic rings. The highest BCUT2D eigenvalue weighted by atomic mass is 32.1. The van der Waals surface area contributed by atoms with Gasteiger partial charge in [-0.05, 0) is 41.3 Å². The van der Waals surface area contributed by atoms with Crippen molar-refractivity contribution >= 4 is 34.4 Å². The van der Waals surface area contributed by atoms with E-state index < -0.39 is 17.7 Å². The smallest absolute Gasteiger partial charge is 0.294 e. The first-order valence-corrected chi connectivity index (χ1v) is 10.9. The highest BCUT2D eigenvalue weighted by Crippen LogP contribution is 2.45. The summed E-state index contributed by atoms with van der Waals surface area (Å²) in [5, 5.41) is 12.6. The Morgan fingerprint density at radius 3 is 2.53 bits per heavy atom. The van der Waals surface area contributed by atoms with Crippen LogP contribution in [0.5, 0.6) is 11.5 Å². The van der Waals surface area contributed by atoms with Crippen molar-refractivity contribution < 1.29 is 24.2 Å². The molecule has 3 heterocycles. The predicted octanol–water partition coefficient (Wildman–Crippen LogP) is 4.33. The van der Waals surface area contributed by atoms with E-state index in [9.17, 15) is 14.7 Å². The van der Waals surface area contributed by atoms with Crippen LogP contribution in [0.4, 0.5) is 11.4 Å². The maximum atomic E-state index is 13.3. The van der Waals surface area contributed by atoms with Gasteiger partial charge in [0.2, 0.25) is 12.6 Å². The van der Waals surface area contributed by atoms with Gasteiger partial charge in [-0.2, -0.15) is 0 Å². The molecular formula is C24H20N2O5S. The molecule has 0 saturated carbocycles. The van der Waals surface area contributed by atoms with Gasteiger partial charge in [0.15, 0.2) is 17.3 Å². The van der Waals surface area contributed by atoms with Gasteiger partial charge in [0.1, 0.15) is 0 Å². The first kappa shape index (κ1) is 20.1. The van der Waals surface area contributed by atoms with Crippen molar-refractivity contribution in [2.75, 3.05) is 30.7 Å². The van der Waals surface area contributed by atoms with E-state index in [1.54, 1.807) is 35.7 Å². The quantitative estimate of drug-likeness (QED) is 0.586. The summed E-state index contributed by atoms with van der Waals surface area (Å²) in [7, 11) is 3.87. The second kappa shape index (κ2) is 7.72. The molecule has 32 heavy (non-hydrogen) atoms. The lowest BCUT2D eigenvalue weighted by atomic mass is 9.95. The van der Waals surface area contributed by atoms with E-state index in [4.69, 9.17) is 9.47 Å². The lowest BCUT2D eigenvalue weighted by Gasteiger charge is -2.27. The van der Waals surface area contributed by atoms with Crippen molar-refractivity contribution in [1.82, 2.24) is 0 Å². The zero-order valence-corrected chi connectivity index (χ0v) is 18.3. The van der Waals surface area contributed by atoms with E-state index in [1.807, 2.05) is 43.3 Å². The number of rotatable bonds is 5. The molecule has 0 bridgehead atoms. The Labute approximate surface area is 188 Å². The van der Waals surface area contributed by atoms with Crippen molar-refractivity contribution in [2.24, 2.45) is 0 Å². The minimum absolute atomic E-state index is 0.0627. The molecule has 2 aromatic carbocycles. The number of hydrogen-bond donors (Lipinski definition) is 1. The number of aliphatic hydroxyl groups excluding tert-OH is 1. The van der Waals surface area contributed by atoms with Crippen LogP contribution < -0.4 is 19.3 Å². The summed E-state index contributed by atoms with van der Waals surface area (Å²) in [5.74, 6) is -0.446. The molecule has 7 nitrogen and oxygen atoms in total. The van der Waals surface area contributed by atoms with E-state index in [0.717, 1.165) is 5.69 Å². The van der Waals surface area contributed by atoms with Gasteiger partial charge >= 0.3 is 0 Å². The monoisotopic (exact) mass is 448 g/mol. The van der Waals surface area contributed by atoms with Crippen molar-refractivity contribution in [1.29, 1.82) is 0 Å². The van der Waals surface area contributed by atoms with Crippen LogP contribution >= 0.6 is 11.3 Å². The van der Waals surface area contributed by atoms with Crippen LogP contribution in [-0.4, -0.2) is 37.7 Å². The third kappa shape index (κ3) is 3.20. The average molecular weight is 449 g/mol. The number of thiophene rings is 1. The standard InChI is InChI=1S/C24H20N2O5S/c1-25(2)15-7-5-14(6-8-15)21-20(22(27)19-4-3-11-32-19)23(28)24(29)26(21)16-9-10-17-18(12-16)31-13-30-17/h3-12,21,28H,13H2,1-2H3. The molecule has 1 N–H and O–H groups in total. The van der Waals surface area contributed by atoms with Gasteiger partial charge in [0.25, 0.3) is 5.91 Å². The van der Waals surface area contributed by atoms with Crippen molar-refractivity contribution in [3.8, 4) is 11.5 Å². The van der Waals surface area contributed by atoms with E-state index in [-0.39, 0.29) is 18.1 Å². The third-order valence-corrected chi connectivity index (χ3v) is 6.43. The lowest BCUT2D eigenvalue weighted by molar-refractivity contribution is -0.117. The molecule has 162 valence electrons. The maximum absolute atomic E-state index is 13.3. The summed E-state index contributed by atoms with van der Waals surface area (Å²) in [5.41, 5.74) is 2.26. The van der Waals surface area contributed by atoms with Crippen LogP contribution in [-0.2, 0) is 4.79 Å². The Morgan fingerprint density at radius 1 is 1.09 bits per heavy atom. The molecule has 8 heteroatoms. The van der Waals surface area contributed by atoms with Gasteiger partial charge in [-0.15, -0.1) is 11.3 Å². The fourth-order valence-electron chi connectivity index (χ4n) is 3.95. The fraction of sp³-hybridized carbons (Fsp3) is 0.167. The van der Waals surface area contributed by atoms with Gasteiger partial charge in [0.05, 0.1) is 16.5 Å². The second-order valence-electron chi connectivity index (χ2n) is 7.67. The summed E-state index contributed by atoms with van der Waals surface area (Å²) in [4.78, 5) is 30.4. The summed E-state index contributed by atoms with van der Waals surface area (Å²) in [6, 6.07) is 15.4. The minimum Gasteiger partial charge on any atom is -0.503 e. The topological polar surface area (TPSA) is 79.3 Å². The number of nitrogens with zero attached hydrogens (tertiary/aromatic N) is 2. The fourth-order valence-corrected chi connectivity index (χ4v) is 4.63. The van der Waals surface area contributed by atoms with Crippen LogP contribution in [0.25, 0.3) is 0 Å². The molecular weight excluding hydrogens is 428 g/mol. The Hall–Kier alpha value is -3.78. The van der Waals surface area contributed by atoms with Gasteiger partial charge in [-0.25, -0.2) is 0 Å². The number of amides is 1. The Kier molecular flexibility index (Phi) is 4.86. The number of benzene rings is 2. The Balaban J connectivity index is 1.64. The molecule has 0 spiro atoms. The Morgan fingerprint density at radius 2 is 1.84 bits per heavy atom. The molecule has 5 rings (SSSR count). The average Bonchev–Trinajstić information content (AvgIpc) is 3.53. The number of ketones is 1. The maximum Gasteiger partial charge on any atom is 0.294 e. The van der Waals surface area contributed by atoms with Gasteiger partial charge in [-0.3, -0.25) is 14.5 Å². The molecule has 0 saturated heterocycles. The van der Waals surface area contributed by atoms with Crippen molar-refractivity contribution in [2.45, 2.75) is 6.04 Å². The number of carbonyl (C=O) groups is 2. The highest BCUT2D eigenvalue weighted by Gasteiger charge is 2.45. The molecule has 1 aromatic heterocycles.